The minimum atomic E-state index is -1.40. The van der Waals surface area contributed by atoms with E-state index in [1.807, 2.05) is 0 Å². The lowest BCUT2D eigenvalue weighted by Gasteiger charge is -2.27. The standard InChI is InChI=1S/C24H32ClN7O6/c1-12(2)19-23(36)27-13(3)21(34)26-10-16-11-32(31-30-16)7-8-38-18-6-5-15(25)9-17(18)22(35)29-20(14(4)33)24(37)28-19/h5-6,9,11-14,19-20,33H,7-8,10H2,1-4H3,(H,26,34)(H,27,36)(H,28,37)(H,29,35)/t13-,14-,19+,20+/m1/s1. The number of ether oxygens (including phenoxy) is 1. The van der Waals surface area contributed by atoms with Crippen LogP contribution in [0.15, 0.2) is 24.4 Å². The Hall–Kier alpha value is -3.71. The Morgan fingerprint density at radius 2 is 1.76 bits per heavy atom. The first kappa shape index (κ1) is 28.9. The van der Waals surface area contributed by atoms with Gasteiger partial charge in [0.2, 0.25) is 17.7 Å². The van der Waals surface area contributed by atoms with E-state index >= 15 is 0 Å². The van der Waals surface area contributed by atoms with E-state index in [1.54, 1.807) is 26.1 Å². The highest BCUT2D eigenvalue weighted by Gasteiger charge is 2.33. The molecule has 0 aliphatic carbocycles. The summed E-state index contributed by atoms with van der Waals surface area (Å²) < 4.78 is 7.30. The average molecular weight is 550 g/mol. The molecule has 1 aromatic heterocycles. The van der Waals surface area contributed by atoms with Gasteiger partial charge in [-0.2, -0.15) is 0 Å². The lowest BCUT2D eigenvalue weighted by atomic mass is 10.0. The van der Waals surface area contributed by atoms with E-state index in [0.717, 1.165) is 0 Å². The van der Waals surface area contributed by atoms with Gasteiger partial charge in [-0.3, -0.25) is 19.2 Å². The van der Waals surface area contributed by atoms with Crippen LogP contribution in [0.1, 0.15) is 43.7 Å². The molecule has 1 aromatic carbocycles. The quantitative estimate of drug-likeness (QED) is 0.341. The summed E-state index contributed by atoms with van der Waals surface area (Å²) in [6.45, 7) is 6.76. The van der Waals surface area contributed by atoms with Crippen LogP contribution in [0.4, 0.5) is 0 Å². The first-order chi connectivity index (χ1) is 18.0. The Morgan fingerprint density at radius 3 is 2.45 bits per heavy atom. The van der Waals surface area contributed by atoms with Gasteiger partial charge in [-0.1, -0.05) is 30.7 Å². The van der Waals surface area contributed by atoms with Crippen LogP contribution in [-0.2, 0) is 27.5 Å². The van der Waals surface area contributed by atoms with E-state index in [9.17, 15) is 24.3 Å². The third kappa shape index (κ3) is 7.42. The number of aliphatic hydroxyl groups is 1. The van der Waals surface area contributed by atoms with Crippen LogP contribution in [0.5, 0.6) is 5.75 Å². The highest BCUT2D eigenvalue weighted by Crippen LogP contribution is 2.23. The Bertz CT molecular complexity index is 1180. The lowest BCUT2D eigenvalue weighted by molar-refractivity contribution is -0.134. The zero-order valence-corrected chi connectivity index (χ0v) is 22.3. The third-order valence-electron chi connectivity index (χ3n) is 5.84. The molecule has 0 radical (unpaired) electrons. The number of aromatic nitrogens is 3. The van der Waals surface area contributed by atoms with Crippen molar-refractivity contribution < 1.29 is 29.0 Å². The van der Waals surface area contributed by atoms with Crippen molar-refractivity contribution >= 4 is 35.2 Å². The fourth-order valence-electron chi connectivity index (χ4n) is 3.69. The van der Waals surface area contributed by atoms with Crippen LogP contribution in [0, 0.1) is 5.92 Å². The average Bonchev–Trinajstić information content (AvgIpc) is 3.31. The molecule has 0 saturated heterocycles. The number of rotatable bonds is 2. The number of amides is 4. The van der Waals surface area contributed by atoms with Gasteiger partial charge in [0.1, 0.15) is 36.2 Å². The third-order valence-corrected chi connectivity index (χ3v) is 6.08. The Morgan fingerprint density at radius 1 is 1.05 bits per heavy atom. The van der Waals surface area contributed by atoms with Crippen LogP contribution < -0.4 is 26.0 Å². The molecule has 4 amide bonds. The first-order valence-electron chi connectivity index (χ1n) is 12.1. The van der Waals surface area contributed by atoms with E-state index in [0.29, 0.717) is 5.69 Å². The normalized spacial score (nSPS) is 22.8. The maximum Gasteiger partial charge on any atom is 0.255 e. The molecule has 13 nitrogen and oxygen atoms in total. The van der Waals surface area contributed by atoms with Gasteiger partial charge >= 0.3 is 0 Å². The Kier molecular flexibility index (Phi) is 9.64. The van der Waals surface area contributed by atoms with Crippen molar-refractivity contribution in [1.82, 2.24) is 36.3 Å². The summed E-state index contributed by atoms with van der Waals surface area (Å²) in [5.41, 5.74) is 0.550. The fourth-order valence-corrected chi connectivity index (χ4v) is 3.86. The van der Waals surface area contributed by atoms with Crippen molar-refractivity contribution in [2.45, 2.75) is 65.0 Å². The maximum absolute atomic E-state index is 13.2. The van der Waals surface area contributed by atoms with Gasteiger partial charge in [0.25, 0.3) is 5.91 Å². The minimum absolute atomic E-state index is 0.0549. The number of aliphatic hydroxyl groups excluding tert-OH is 1. The van der Waals surface area contributed by atoms with Crippen molar-refractivity contribution in [1.29, 1.82) is 0 Å². The van der Waals surface area contributed by atoms with Gasteiger partial charge in [-0.25, -0.2) is 4.68 Å². The predicted molar refractivity (Wildman–Crippen MR) is 136 cm³/mol. The van der Waals surface area contributed by atoms with Gasteiger partial charge in [0.15, 0.2) is 0 Å². The van der Waals surface area contributed by atoms with Crippen molar-refractivity contribution in [3.63, 3.8) is 0 Å². The molecule has 2 aromatic rings. The number of benzene rings is 1. The number of fused-ring (bicyclic) bond motifs is 3. The number of hydrogen-bond donors (Lipinski definition) is 5. The van der Waals surface area contributed by atoms with E-state index < -0.39 is 47.9 Å². The van der Waals surface area contributed by atoms with Crippen molar-refractivity contribution in [3.8, 4) is 5.75 Å². The largest absolute Gasteiger partial charge is 0.491 e. The molecule has 2 bridgehead atoms. The number of nitrogens with one attached hydrogen (secondary N) is 4. The summed E-state index contributed by atoms with van der Waals surface area (Å²) >= 11 is 6.11. The fraction of sp³-hybridized carbons (Fsp3) is 0.500. The molecule has 5 N–H and O–H groups in total. The Labute approximate surface area is 224 Å². The number of nitrogens with zero attached hydrogens (tertiary/aromatic N) is 3. The molecule has 14 heteroatoms. The van der Waals surface area contributed by atoms with Crippen LogP contribution in [-0.4, -0.2) is 74.6 Å². The van der Waals surface area contributed by atoms with Crippen molar-refractivity contribution in [2.75, 3.05) is 6.61 Å². The Balaban J connectivity index is 1.93. The van der Waals surface area contributed by atoms with E-state index in [2.05, 4.69) is 31.6 Å². The van der Waals surface area contributed by atoms with E-state index in [1.165, 1.54) is 30.7 Å². The van der Waals surface area contributed by atoms with Gasteiger partial charge in [0.05, 0.1) is 31.0 Å². The van der Waals surface area contributed by atoms with Gasteiger partial charge in [-0.15, -0.1) is 5.10 Å². The summed E-state index contributed by atoms with van der Waals surface area (Å²) in [5, 5.41) is 28.9. The molecular weight excluding hydrogens is 518 g/mol. The predicted octanol–water partition coefficient (Wildman–Crippen LogP) is -0.235. The second kappa shape index (κ2) is 12.7. The molecule has 206 valence electrons. The summed E-state index contributed by atoms with van der Waals surface area (Å²) in [7, 11) is 0. The van der Waals surface area contributed by atoms with Crippen LogP contribution >= 0.6 is 11.6 Å². The molecule has 0 spiro atoms. The summed E-state index contributed by atoms with van der Waals surface area (Å²) in [5.74, 6) is -2.72. The van der Waals surface area contributed by atoms with E-state index in [-0.39, 0.29) is 41.9 Å². The molecule has 3 rings (SSSR count). The van der Waals surface area contributed by atoms with Crippen LogP contribution in [0.3, 0.4) is 0 Å². The molecule has 0 fully saturated rings. The highest BCUT2D eigenvalue weighted by molar-refractivity contribution is 6.31. The molecular formula is C24H32ClN7O6. The zero-order valence-electron chi connectivity index (χ0n) is 21.5. The maximum atomic E-state index is 13.2. The van der Waals surface area contributed by atoms with Crippen molar-refractivity contribution in [2.24, 2.45) is 5.92 Å². The molecule has 1 aliphatic rings. The molecule has 38 heavy (non-hydrogen) atoms. The lowest BCUT2D eigenvalue weighted by Crippen LogP contribution is -2.59. The molecule has 0 saturated carbocycles. The molecule has 4 atom stereocenters. The van der Waals surface area contributed by atoms with Crippen LogP contribution in [0.25, 0.3) is 0 Å². The van der Waals surface area contributed by atoms with Crippen molar-refractivity contribution in [3.05, 3.63) is 40.7 Å². The summed E-state index contributed by atoms with van der Waals surface area (Å²) in [6.07, 6.45) is 0.334. The smallest absolute Gasteiger partial charge is 0.255 e. The first-order valence-corrected chi connectivity index (χ1v) is 12.5. The highest BCUT2D eigenvalue weighted by atomic mass is 35.5. The second-order valence-electron chi connectivity index (χ2n) is 9.33. The van der Waals surface area contributed by atoms with E-state index in [4.69, 9.17) is 16.3 Å². The number of halogens is 1. The van der Waals surface area contributed by atoms with Gasteiger partial charge in [-0.05, 0) is 38.0 Å². The van der Waals surface area contributed by atoms with Crippen LogP contribution in [0.2, 0.25) is 5.02 Å². The summed E-state index contributed by atoms with van der Waals surface area (Å²) in [6, 6.07) is 1.09. The SMILES string of the molecule is CC(C)[C@@H]1NC(=O)[C@H]([C@@H](C)O)NC(=O)c2cc(Cl)ccc2OCCn2cc(nn2)CNC(=O)[C@@H](C)NC1=O. The minimum Gasteiger partial charge on any atom is -0.491 e. The molecule has 1 aliphatic heterocycles. The van der Waals surface area contributed by atoms with Gasteiger partial charge < -0.3 is 31.1 Å². The number of hydrogen-bond acceptors (Lipinski definition) is 8. The zero-order chi connectivity index (χ0) is 28.0. The molecule has 0 unspecified atom stereocenters. The summed E-state index contributed by atoms with van der Waals surface area (Å²) in [4.78, 5) is 51.8. The number of carbonyl (C=O) groups excluding carboxylic acids is 4. The topological polar surface area (TPSA) is 177 Å². The second-order valence-corrected chi connectivity index (χ2v) is 9.77. The molecule has 2 heterocycles. The van der Waals surface area contributed by atoms with Gasteiger partial charge in [0, 0.05) is 5.02 Å². The number of carbonyl (C=O) groups is 4. The monoisotopic (exact) mass is 549 g/mol.